The SMILES string of the molecule is CN1CCN(c2ccc(C(=O)Nc3n[nH]c4ncc(-c5cccnc5)cc34)cc2)CC1. The van der Waals surface area contributed by atoms with Crippen LogP contribution in [0, 0.1) is 0 Å². The molecule has 8 heteroatoms. The summed E-state index contributed by atoms with van der Waals surface area (Å²) in [6, 6.07) is 13.5. The van der Waals surface area contributed by atoms with Gasteiger partial charge in [-0.1, -0.05) is 6.07 Å². The van der Waals surface area contributed by atoms with Gasteiger partial charge in [0.2, 0.25) is 0 Å². The maximum atomic E-state index is 12.8. The highest BCUT2D eigenvalue weighted by atomic mass is 16.1. The summed E-state index contributed by atoms with van der Waals surface area (Å²) < 4.78 is 0. The first-order valence-electron chi connectivity index (χ1n) is 10.3. The number of amides is 1. The number of H-pyrrole nitrogens is 1. The molecule has 0 spiro atoms. The summed E-state index contributed by atoms with van der Waals surface area (Å²) in [4.78, 5) is 26.1. The molecule has 4 heterocycles. The third kappa shape index (κ3) is 3.97. The Morgan fingerprint density at radius 3 is 2.58 bits per heavy atom. The van der Waals surface area contributed by atoms with Gasteiger partial charge in [0.05, 0.1) is 5.39 Å². The number of nitrogens with zero attached hydrogens (tertiary/aromatic N) is 5. The minimum absolute atomic E-state index is 0.204. The molecule has 1 aromatic carbocycles. The summed E-state index contributed by atoms with van der Waals surface area (Å²) in [5.74, 6) is 0.256. The number of anilines is 2. The summed E-state index contributed by atoms with van der Waals surface area (Å²) >= 11 is 0. The van der Waals surface area contributed by atoms with E-state index in [2.05, 4.69) is 42.3 Å². The lowest BCUT2D eigenvalue weighted by molar-refractivity contribution is 0.102. The number of hydrogen-bond acceptors (Lipinski definition) is 6. The number of benzene rings is 1. The van der Waals surface area contributed by atoms with Crippen LogP contribution in [0.25, 0.3) is 22.2 Å². The fourth-order valence-electron chi connectivity index (χ4n) is 3.76. The number of hydrogen-bond donors (Lipinski definition) is 2. The van der Waals surface area contributed by atoms with Gasteiger partial charge in [-0.25, -0.2) is 4.98 Å². The van der Waals surface area contributed by atoms with Crippen molar-refractivity contribution < 1.29 is 4.79 Å². The Morgan fingerprint density at radius 2 is 1.84 bits per heavy atom. The van der Waals surface area contributed by atoms with Crippen molar-refractivity contribution in [2.75, 3.05) is 43.4 Å². The van der Waals surface area contributed by atoms with Crippen LogP contribution in [-0.4, -0.2) is 64.2 Å². The highest BCUT2D eigenvalue weighted by Gasteiger charge is 2.16. The Morgan fingerprint density at radius 1 is 1.03 bits per heavy atom. The average Bonchev–Trinajstić information content (AvgIpc) is 3.22. The van der Waals surface area contributed by atoms with Gasteiger partial charge in [-0.05, 0) is 43.4 Å². The topological polar surface area (TPSA) is 90.0 Å². The fraction of sp³-hybridized carbons (Fsp3) is 0.217. The van der Waals surface area contributed by atoms with Gasteiger partial charge in [0.25, 0.3) is 5.91 Å². The normalized spacial score (nSPS) is 14.7. The Kier molecular flexibility index (Phi) is 5.05. The molecule has 0 saturated carbocycles. The van der Waals surface area contributed by atoms with Crippen LogP contribution in [-0.2, 0) is 0 Å². The molecule has 5 rings (SSSR count). The standard InChI is InChI=1S/C23H23N7O/c1-29-9-11-30(12-10-29)19-6-4-16(5-7-19)23(31)26-22-20-13-18(15-25-21(20)27-28-22)17-3-2-8-24-14-17/h2-8,13-15H,9-12H2,1H3,(H2,25,26,27,28,31). The number of aromatic nitrogens is 4. The minimum Gasteiger partial charge on any atom is -0.369 e. The lowest BCUT2D eigenvalue weighted by Crippen LogP contribution is -2.44. The number of aromatic amines is 1. The molecule has 1 aliphatic heterocycles. The molecule has 2 N–H and O–H groups in total. The molecule has 0 bridgehead atoms. The number of likely N-dealkylation sites (N-methyl/N-ethyl adjacent to an activating group) is 1. The molecule has 1 fully saturated rings. The van der Waals surface area contributed by atoms with Gasteiger partial charge >= 0.3 is 0 Å². The van der Waals surface area contributed by atoms with Crippen LogP contribution >= 0.6 is 0 Å². The van der Waals surface area contributed by atoms with Crippen molar-refractivity contribution in [2.24, 2.45) is 0 Å². The quantitative estimate of drug-likeness (QED) is 0.535. The summed E-state index contributed by atoms with van der Waals surface area (Å²) in [6.45, 7) is 4.08. The molecule has 156 valence electrons. The van der Waals surface area contributed by atoms with Gasteiger partial charge in [-0.3, -0.25) is 14.9 Å². The zero-order valence-corrected chi connectivity index (χ0v) is 17.2. The summed E-state index contributed by atoms with van der Waals surface area (Å²) in [5, 5.41) is 10.8. The van der Waals surface area contributed by atoms with Crippen molar-refractivity contribution in [1.29, 1.82) is 0 Å². The van der Waals surface area contributed by atoms with Crippen molar-refractivity contribution in [1.82, 2.24) is 25.1 Å². The van der Waals surface area contributed by atoms with E-state index in [1.807, 2.05) is 42.5 Å². The Balaban J connectivity index is 1.34. The van der Waals surface area contributed by atoms with Crippen LogP contribution in [0.4, 0.5) is 11.5 Å². The van der Waals surface area contributed by atoms with Crippen molar-refractivity contribution >= 4 is 28.4 Å². The number of piperazine rings is 1. The zero-order valence-electron chi connectivity index (χ0n) is 17.2. The molecule has 8 nitrogen and oxygen atoms in total. The molecule has 1 aliphatic rings. The largest absolute Gasteiger partial charge is 0.369 e. The predicted octanol–water partition coefficient (Wildman–Crippen LogP) is 3.02. The van der Waals surface area contributed by atoms with Crippen molar-refractivity contribution in [3.8, 4) is 11.1 Å². The van der Waals surface area contributed by atoms with E-state index in [1.54, 1.807) is 18.6 Å². The summed E-state index contributed by atoms with van der Waals surface area (Å²) in [5.41, 5.74) is 4.21. The molecular formula is C23H23N7O. The first kappa shape index (κ1) is 19.2. The second kappa shape index (κ2) is 8.16. The van der Waals surface area contributed by atoms with E-state index in [-0.39, 0.29) is 5.91 Å². The summed E-state index contributed by atoms with van der Waals surface area (Å²) in [7, 11) is 2.14. The van der Waals surface area contributed by atoms with Crippen molar-refractivity contribution in [3.05, 3.63) is 66.6 Å². The van der Waals surface area contributed by atoms with E-state index in [4.69, 9.17) is 0 Å². The third-order valence-electron chi connectivity index (χ3n) is 5.64. The van der Waals surface area contributed by atoms with Gasteiger partial charge in [-0.15, -0.1) is 0 Å². The summed E-state index contributed by atoms with van der Waals surface area (Å²) in [6.07, 6.45) is 5.28. The molecule has 1 amide bonds. The Bertz CT molecular complexity index is 1200. The molecule has 0 aliphatic carbocycles. The highest BCUT2D eigenvalue weighted by Crippen LogP contribution is 2.26. The van der Waals surface area contributed by atoms with Crippen LogP contribution in [0.15, 0.2) is 61.1 Å². The maximum absolute atomic E-state index is 12.8. The smallest absolute Gasteiger partial charge is 0.256 e. The third-order valence-corrected chi connectivity index (χ3v) is 5.64. The average molecular weight is 413 g/mol. The van der Waals surface area contributed by atoms with E-state index in [1.165, 1.54) is 0 Å². The fourth-order valence-corrected chi connectivity index (χ4v) is 3.76. The van der Waals surface area contributed by atoms with Crippen LogP contribution in [0.2, 0.25) is 0 Å². The highest BCUT2D eigenvalue weighted by molar-refractivity contribution is 6.08. The Hall–Kier alpha value is -3.78. The van der Waals surface area contributed by atoms with E-state index < -0.39 is 0 Å². The number of nitrogens with one attached hydrogen (secondary N) is 2. The van der Waals surface area contributed by atoms with Crippen LogP contribution in [0.1, 0.15) is 10.4 Å². The minimum atomic E-state index is -0.204. The van der Waals surface area contributed by atoms with Gasteiger partial charge in [0.15, 0.2) is 11.5 Å². The molecule has 31 heavy (non-hydrogen) atoms. The number of pyridine rings is 2. The maximum Gasteiger partial charge on any atom is 0.256 e. The lowest BCUT2D eigenvalue weighted by Gasteiger charge is -2.34. The monoisotopic (exact) mass is 413 g/mol. The van der Waals surface area contributed by atoms with E-state index in [0.29, 0.717) is 17.0 Å². The second-order valence-corrected chi connectivity index (χ2v) is 7.73. The van der Waals surface area contributed by atoms with Gasteiger partial charge in [0.1, 0.15) is 0 Å². The predicted molar refractivity (Wildman–Crippen MR) is 121 cm³/mol. The number of fused-ring (bicyclic) bond motifs is 1. The van der Waals surface area contributed by atoms with E-state index in [9.17, 15) is 4.79 Å². The molecule has 0 radical (unpaired) electrons. The zero-order chi connectivity index (χ0) is 21.2. The van der Waals surface area contributed by atoms with Crippen molar-refractivity contribution in [3.63, 3.8) is 0 Å². The van der Waals surface area contributed by atoms with Crippen LogP contribution in [0.5, 0.6) is 0 Å². The lowest BCUT2D eigenvalue weighted by atomic mass is 10.1. The molecule has 0 unspecified atom stereocenters. The first-order chi connectivity index (χ1) is 15.2. The first-order valence-corrected chi connectivity index (χ1v) is 10.3. The van der Waals surface area contributed by atoms with Gasteiger partial charge < -0.3 is 15.1 Å². The molecular weight excluding hydrogens is 390 g/mol. The molecule has 0 atom stereocenters. The molecule has 1 saturated heterocycles. The number of rotatable bonds is 4. The number of carbonyl (C=O) groups is 1. The van der Waals surface area contributed by atoms with Gasteiger partial charge in [0, 0.05) is 67.1 Å². The van der Waals surface area contributed by atoms with Crippen molar-refractivity contribution in [2.45, 2.75) is 0 Å². The molecule has 4 aromatic rings. The van der Waals surface area contributed by atoms with Crippen LogP contribution in [0.3, 0.4) is 0 Å². The van der Waals surface area contributed by atoms with Crippen LogP contribution < -0.4 is 10.2 Å². The molecule has 3 aromatic heterocycles. The Labute approximate surface area is 179 Å². The van der Waals surface area contributed by atoms with Gasteiger partial charge in [-0.2, -0.15) is 5.10 Å². The van der Waals surface area contributed by atoms with E-state index in [0.717, 1.165) is 48.4 Å². The number of carbonyl (C=O) groups excluding carboxylic acids is 1. The second-order valence-electron chi connectivity index (χ2n) is 7.73. The van der Waals surface area contributed by atoms with E-state index >= 15 is 0 Å².